The summed E-state index contributed by atoms with van der Waals surface area (Å²) < 4.78 is 49.1. The summed E-state index contributed by atoms with van der Waals surface area (Å²) in [5, 5.41) is 4.13. The first-order chi connectivity index (χ1) is 16.1. The topological polar surface area (TPSA) is 90.6 Å². The number of amides is 1. The molecule has 0 aliphatic carbocycles. The van der Waals surface area contributed by atoms with Crippen molar-refractivity contribution in [2.24, 2.45) is 5.73 Å². The number of carbonyl (C=O) groups is 2. The number of halogens is 3. The highest BCUT2D eigenvalue weighted by Crippen LogP contribution is 2.33. The first-order valence-corrected chi connectivity index (χ1v) is 10.9. The second kappa shape index (κ2) is 10.8. The molecule has 0 saturated carbocycles. The van der Waals surface area contributed by atoms with Crippen molar-refractivity contribution in [3.63, 3.8) is 0 Å². The van der Waals surface area contributed by atoms with Crippen LogP contribution in [0.5, 0.6) is 11.5 Å². The van der Waals surface area contributed by atoms with Gasteiger partial charge in [0.1, 0.15) is 24.1 Å². The van der Waals surface area contributed by atoms with Crippen LogP contribution in [0.4, 0.5) is 13.2 Å². The molecule has 0 aliphatic rings. The van der Waals surface area contributed by atoms with E-state index in [-0.39, 0.29) is 24.0 Å². The van der Waals surface area contributed by atoms with Crippen molar-refractivity contribution >= 4 is 35.3 Å². The van der Waals surface area contributed by atoms with E-state index in [1.165, 1.54) is 12.1 Å². The summed E-state index contributed by atoms with van der Waals surface area (Å²) >= 11 is 3.94. The van der Waals surface area contributed by atoms with Gasteiger partial charge in [-0.3, -0.25) is 9.59 Å². The van der Waals surface area contributed by atoms with E-state index in [9.17, 15) is 22.8 Å². The van der Waals surface area contributed by atoms with E-state index in [0.29, 0.717) is 22.1 Å². The van der Waals surface area contributed by atoms with E-state index in [2.05, 4.69) is 17.9 Å². The highest BCUT2D eigenvalue weighted by atomic mass is 32.1. The van der Waals surface area contributed by atoms with Crippen LogP contribution in [0.25, 0.3) is 10.8 Å². The van der Waals surface area contributed by atoms with Gasteiger partial charge < -0.3 is 20.5 Å². The number of ether oxygens (including phenoxy) is 2. The fourth-order valence-corrected chi connectivity index (χ4v) is 3.21. The van der Waals surface area contributed by atoms with Gasteiger partial charge in [0.25, 0.3) is 5.91 Å². The Bertz CT molecular complexity index is 1170. The van der Waals surface area contributed by atoms with Gasteiger partial charge >= 0.3 is 12.1 Å². The lowest BCUT2D eigenvalue weighted by Crippen LogP contribution is -2.40. The van der Waals surface area contributed by atoms with E-state index in [1.807, 2.05) is 0 Å². The predicted octanol–water partition coefficient (Wildman–Crippen LogP) is 4.57. The van der Waals surface area contributed by atoms with Gasteiger partial charge in [-0.1, -0.05) is 12.1 Å². The second-order valence-electron chi connectivity index (χ2n) is 7.61. The van der Waals surface area contributed by atoms with Crippen LogP contribution in [0.15, 0.2) is 60.7 Å². The molecule has 0 fully saturated rings. The maximum absolute atomic E-state index is 12.8. The minimum Gasteiger partial charge on any atom is -0.462 e. The van der Waals surface area contributed by atoms with Crippen molar-refractivity contribution in [2.45, 2.75) is 25.2 Å². The molecule has 0 spiro atoms. The molecular formula is C24H23F3N2O4S. The second-order valence-corrected chi connectivity index (χ2v) is 7.98. The minimum atomic E-state index is -4.42. The van der Waals surface area contributed by atoms with E-state index < -0.39 is 29.8 Å². The molecular weight excluding hydrogens is 469 g/mol. The van der Waals surface area contributed by atoms with Gasteiger partial charge in [0, 0.05) is 16.7 Å². The molecule has 2 atom stereocenters. The molecule has 3 rings (SSSR count). The van der Waals surface area contributed by atoms with Crippen LogP contribution in [-0.2, 0) is 15.7 Å². The summed E-state index contributed by atoms with van der Waals surface area (Å²) in [4.78, 5) is 24.2. The Morgan fingerprint density at radius 1 is 1.09 bits per heavy atom. The zero-order valence-corrected chi connectivity index (χ0v) is 19.0. The molecule has 3 aromatic carbocycles. The lowest BCUT2D eigenvalue weighted by molar-refractivity contribution is -0.145. The fraction of sp³-hybridized carbons (Fsp3) is 0.250. The number of hydrogen-bond acceptors (Lipinski definition) is 6. The Morgan fingerprint density at radius 2 is 1.79 bits per heavy atom. The van der Waals surface area contributed by atoms with Gasteiger partial charge in [-0.15, -0.1) is 0 Å². The van der Waals surface area contributed by atoms with Crippen LogP contribution >= 0.6 is 12.6 Å². The monoisotopic (exact) mass is 492 g/mol. The van der Waals surface area contributed by atoms with Crippen molar-refractivity contribution in [1.82, 2.24) is 5.32 Å². The summed E-state index contributed by atoms with van der Waals surface area (Å²) in [6.45, 7) is 1.65. The third-order valence-corrected chi connectivity index (χ3v) is 5.26. The summed E-state index contributed by atoms with van der Waals surface area (Å²) in [5.74, 6) is -0.116. The van der Waals surface area contributed by atoms with Crippen molar-refractivity contribution in [3.8, 4) is 11.5 Å². The normalized spacial score (nSPS) is 13.2. The molecule has 0 bridgehead atoms. The molecule has 3 aromatic rings. The number of carbonyl (C=O) groups excluding carboxylic acids is 2. The molecule has 180 valence electrons. The minimum absolute atomic E-state index is 0.0370. The van der Waals surface area contributed by atoms with Crippen molar-refractivity contribution in [3.05, 3.63) is 71.8 Å². The number of benzene rings is 3. The van der Waals surface area contributed by atoms with E-state index in [0.717, 1.165) is 12.1 Å². The number of alkyl halides is 3. The lowest BCUT2D eigenvalue weighted by atomic mass is 10.1. The van der Waals surface area contributed by atoms with Gasteiger partial charge in [-0.05, 0) is 60.8 Å². The Balaban J connectivity index is 1.69. The molecule has 10 heteroatoms. The third kappa shape index (κ3) is 6.42. The standard InChI is InChI=1S/C24H23F3N2O4S/c1-14(12-32-23(31)20(28)13-34)29-22(30)16-5-10-19-15(11-16)3-2-4-21(19)33-18-8-6-17(7-9-18)24(25,26)27/h2-11,14,20,34H,12-13,28H2,1H3,(H,29,30)/t14-,20+/m1/s1. The van der Waals surface area contributed by atoms with Crippen LogP contribution in [0.1, 0.15) is 22.8 Å². The SMILES string of the molecule is C[C@H](COC(=O)[C@@H](N)CS)NC(=O)c1ccc2c(Oc3ccc(C(F)(F)F)cc3)cccc2c1. The molecule has 0 saturated heterocycles. The van der Waals surface area contributed by atoms with Gasteiger partial charge in [0.15, 0.2) is 0 Å². The zero-order chi connectivity index (χ0) is 24.9. The van der Waals surface area contributed by atoms with Gasteiger partial charge in [-0.2, -0.15) is 25.8 Å². The number of thiol groups is 1. The molecule has 0 unspecified atom stereocenters. The van der Waals surface area contributed by atoms with Crippen LogP contribution in [-0.4, -0.2) is 36.3 Å². The quantitative estimate of drug-likeness (QED) is 0.317. The van der Waals surface area contributed by atoms with Crippen LogP contribution in [0, 0.1) is 0 Å². The maximum Gasteiger partial charge on any atom is 0.416 e. The fourth-order valence-electron chi connectivity index (χ4n) is 3.06. The average molecular weight is 493 g/mol. The maximum atomic E-state index is 12.8. The Kier molecular flexibility index (Phi) is 8.06. The summed E-state index contributed by atoms with van der Waals surface area (Å²) in [7, 11) is 0. The summed E-state index contributed by atoms with van der Waals surface area (Å²) in [6, 6.07) is 13.3. The molecule has 6 nitrogen and oxygen atoms in total. The highest BCUT2D eigenvalue weighted by molar-refractivity contribution is 7.80. The van der Waals surface area contributed by atoms with Gasteiger partial charge in [0.2, 0.25) is 0 Å². The third-order valence-electron chi connectivity index (χ3n) is 4.86. The highest BCUT2D eigenvalue weighted by Gasteiger charge is 2.30. The van der Waals surface area contributed by atoms with Crippen LogP contribution < -0.4 is 15.8 Å². The van der Waals surface area contributed by atoms with E-state index in [4.69, 9.17) is 15.2 Å². The Morgan fingerprint density at radius 3 is 2.44 bits per heavy atom. The molecule has 0 aliphatic heterocycles. The molecule has 3 N–H and O–H groups in total. The van der Waals surface area contributed by atoms with Crippen molar-refractivity contribution in [1.29, 1.82) is 0 Å². The van der Waals surface area contributed by atoms with E-state index >= 15 is 0 Å². The zero-order valence-electron chi connectivity index (χ0n) is 18.1. The first kappa shape index (κ1) is 25.4. The summed E-state index contributed by atoms with van der Waals surface area (Å²) in [5.41, 5.74) is 5.16. The number of rotatable bonds is 8. The first-order valence-electron chi connectivity index (χ1n) is 10.3. The number of nitrogens with two attached hydrogens (primary N) is 1. The van der Waals surface area contributed by atoms with Crippen LogP contribution in [0.3, 0.4) is 0 Å². The van der Waals surface area contributed by atoms with Crippen molar-refractivity contribution in [2.75, 3.05) is 12.4 Å². The summed E-state index contributed by atoms with van der Waals surface area (Å²) in [6.07, 6.45) is -4.42. The number of nitrogens with one attached hydrogen (secondary N) is 1. The molecule has 1 amide bonds. The number of esters is 1. The van der Waals surface area contributed by atoms with Gasteiger partial charge in [-0.25, -0.2) is 0 Å². The largest absolute Gasteiger partial charge is 0.462 e. The molecule has 0 radical (unpaired) electrons. The number of hydrogen-bond donors (Lipinski definition) is 3. The lowest BCUT2D eigenvalue weighted by Gasteiger charge is -2.16. The van der Waals surface area contributed by atoms with Crippen LogP contribution in [0.2, 0.25) is 0 Å². The van der Waals surface area contributed by atoms with E-state index in [1.54, 1.807) is 43.3 Å². The Hall–Kier alpha value is -3.24. The molecule has 34 heavy (non-hydrogen) atoms. The number of fused-ring (bicyclic) bond motifs is 1. The van der Waals surface area contributed by atoms with Gasteiger partial charge in [0.05, 0.1) is 11.6 Å². The van der Waals surface area contributed by atoms with Crippen molar-refractivity contribution < 1.29 is 32.2 Å². The Labute approximate surface area is 199 Å². The molecule has 0 aromatic heterocycles. The molecule has 0 heterocycles. The average Bonchev–Trinajstić information content (AvgIpc) is 2.81. The smallest absolute Gasteiger partial charge is 0.416 e. The predicted molar refractivity (Wildman–Crippen MR) is 125 cm³/mol.